The van der Waals surface area contributed by atoms with E-state index in [-0.39, 0.29) is 12.1 Å². The van der Waals surface area contributed by atoms with Crippen molar-refractivity contribution in [2.45, 2.75) is 12.1 Å². The van der Waals surface area contributed by atoms with E-state index in [9.17, 15) is 35.1 Å². The second kappa shape index (κ2) is 6.36. The molecule has 10 heteroatoms. The van der Waals surface area contributed by atoms with Gasteiger partial charge in [0.1, 0.15) is 0 Å². The maximum Gasteiger partial charge on any atom is 0.166 e. The lowest BCUT2D eigenvalue weighted by Gasteiger charge is -2.23. The number of hydrogen-bond donors (Lipinski definition) is 2. The van der Waals surface area contributed by atoms with Gasteiger partial charge in [0.15, 0.2) is 46.5 Å². The lowest BCUT2D eigenvalue weighted by molar-refractivity contribution is 0.389. The molecule has 0 radical (unpaired) electrons. The van der Waals surface area contributed by atoms with Crippen LogP contribution >= 0.6 is 0 Å². The summed E-state index contributed by atoms with van der Waals surface area (Å²) in [6, 6.07) is -4.73. The fourth-order valence-electron chi connectivity index (χ4n) is 2.13. The van der Waals surface area contributed by atoms with Crippen LogP contribution in [-0.4, -0.2) is 0 Å². The van der Waals surface area contributed by atoms with Crippen molar-refractivity contribution in [3.63, 3.8) is 0 Å². The SMILES string of the molecule is N[C@@H](c1c(F)c(F)cc(F)c1F)[C@@H](N)c1c(F)c(F)cc(F)c1F. The van der Waals surface area contributed by atoms with Gasteiger partial charge in [-0.25, -0.2) is 35.1 Å². The van der Waals surface area contributed by atoms with Crippen molar-refractivity contribution in [3.8, 4) is 0 Å². The number of nitrogens with two attached hydrogens (primary N) is 2. The molecule has 2 aromatic carbocycles. The summed E-state index contributed by atoms with van der Waals surface area (Å²) in [6.07, 6.45) is 0. The first-order valence-corrected chi connectivity index (χ1v) is 6.24. The van der Waals surface area contributed by atoms with Crippen molar-refractivity contribution in [2.24, 2.45) is 11.5 Å². The second-order valence-electron chi connectivity index (χ2n) is 4.82. The van der Waals surface area contributed by atoms with Crippen molar-refractivity contribution in [1.29, 1.82) is 0 Å². The van der Waals surface area contributed by atoms with Crippen LogP contribution in [0.3, 0.4) is 0 Å². The minimum Gasteiger partial charge on any atom is -0.322 e. The molecular formula is C14H8F8N2. The summed E-state index contributed by atoms with van der Waals surface area (Å²) in [6.45, 7) is 0. The van der Waals surface area contributed by atoms with Gasteiger partial charge in [0.25, 0.3) is 0 Å². The van der Waals surface area contributed by atoms with Crippen molar-refractivity contribution < 1.29 is 35.1 Å². The van der Waals surface area contributed by atoms with Gasteiger partial charge in [0.2, 0.25) is 0 Å². The van der Waals surface area contributed by atoms with Crippen LogP contribution in [0.25, 0.3) is 0 Å². The Morgan fingerprint density at radius 2 is 0.708 bits per heavy atom. The lowest BCUT2D eigenvalue weighted by atomic mass is 9.92. The molecule has 0 spiro atoms. The minimum absolute atomic E-state index is 0.116. The first-order chi connectivity index (χ1) is 11.1. The molecule has 0 fully saturated rings. The molecule has 0 amide bonds. The average Bonchev–Trinajstić information content (AvgIpc) is 2.51. The fraction of sp³-hybridized carbons (Fsp3) is 0.143. The number of benzene rings is 2. The van der Waals surface area contributed by atoms with E-state index in [1.165, 1.54) is 0 Å². The topological polar surface area (TPSA) is 52.0 Å². The van der Waals surface area contributed by atoms with Crippen molar-refractivity contribution in [2.75, 3.05) is 0 Å². The molecule has 0 aliphatic heterocycles. The van der Waals surface area contributed by atoms with E-state index in [4.69, 9.17) is 11.5 Å². The maximum absolute atomic E-state index is 13.7. The fourth-order valence-corrected chi connectivity index (χ4v) is 2.13. The van der Waals surface area contributed by atoms with Crippen LogP contribution in [0.4, 0.5) is 35.1 Å². The third-order valence-corrected chi connectivity index (χ3v) is 3.35. The van der Waals surface area contributed by atoms with Gasteiger partial charge >= 0.3 is 0 Å². The van der Waals surface area contributed by atoms with Crippen LogP contribution in [0.1, 0.15) is 23.2 Å². The van der Waals surface area contributed by atoms with Gasteiger partial charge in [-0.05, 0) is 0 Å². The standard InChI is InChI=1S/C14H8F8N2/c15-3-1-4(16)10(20)7(9(3)19)13(23)14(24)8-11(21)5(17)2-6(18)12(8)22/h1-2,13-14H,23-24H2/t13-,14-/m0/s1. The molecule has 2 aromatic rings. The van der Waals surface area contributed by atoms with E-state index >= 15 is 0 Å². The van der Waals surface area contributed by atoms with Crippen molar-refractivity contribution in [3.05, 3.63) is 69.8 Å². The van der Waals surface area contributed by atoms with E-state index in [0.717, 1.165) is 0 Å². The summed E-state index contributed by atoms with van der Waals surface area (Å²) >= 11 is 0. The molecule has 0 aliphatic carbocycles. The molecule has 0 heterocycles. The Kier molecular flexibility index (Phi) is 4.81. The van der Waals surface area contributed by atoms with Gasteiger partial charge in [-0.1, -0.05) is 0 Å². The van der Waals surface area contributed by atoms with Gasteiger partial charge in [0.05, 0.1) is 12.1 Å². The quantitative estimate of drug-likeness (QED) is 0.653. The molecule has 0 saturated heterocycles. The van der Waals surface area contributed by atoms with Crippen LogP contribution in [0.2, 0.25) is 0 Å². The summed E-state index contributed by atoms with van der Waals surface area (Å²) < 4.78 is 107. The first-order valence-electron chi connectivity index (χ1n) is 6.24. The monoisotopic (exact) mass is 356 g/mol. The van der Waals surface area contributed by atoms with Gasteiger partial charge in [-0.15, -0.1) is 0 Å². The summed E-state index contributed by atoms with van der Waals surface area (Å²) in [5.41, 5.74) is 7.75. The molecule has 4 N–H and O–H groups in total. The summed E-state index contributed by atoms with van der Waals surface area (Å²) in [7, 11) is 0. The average molecular weight is 356 g/mol. The highest BCUT2D eigenvalue weighted by molar-refractivity contribution is 5.32. The molecular weight excluding hydrogens is 348 g/mol. The maximum atomic E-state index is 13.7. The van der Waals surface area contributed by atoms with E-state index in [1.807, 2.05) is 0 Å². The van der Waals surface area contributed by atoms with Crippen LogP contribution in [-0.2, 0) is 0 Å². The third kappa shape index (κ3) is 2.82. The van der Waals surface area contributed by atoms with Gasteiger partial charge in [-0.3, -0.25) is 0 Å². The number of halogens is 8. The van der Waals surface area contributed by atoms with Gasteiger partial charge < -0.3 is 11.5 Å². The Balaban J connectivity index is 2.63. The number of rotatable bonds is 3. The Bertz CT molecular complexity index is 688. The summed E-state index contributed by atoms with van der Waals surface area (Å²) in [5.74, 6) is -15.1. The molecule has 0 aromatic heterocycles. The smallest absolute Gasteiger partial charge is 0.166 e. The van der Waals surface area contributed by atoms with Gasteiger partial charge in [0, 0.05) is 23.3 Å². The first kappa shape index (κ1) is 18.1. The molecule has 0 bridgehead atoms. The Morgan fingerprint density at radius 1 is 0.500 bits per heavy atom. The molecule has 24 heavy (non-hydrogen) atoms. The highest BCUT2D eigenvalue weighted by atomic mass is 19.2. The predicted molar refractivity (Wildman–Crippen MR) is 66.4 cm³/mol. The van der Waals surface area contributed by atoms with Crippen molar-refractivity contribution >= 4 is 0 Å². The van der Waals surface area contributed by atoms with E-state index in [0.29, 0.717) is 0 Å². The zero-order valence-electron chi connectivity index (χ0n) is 11.5. The zero-order chi connectivity index (χ0) is 18.3. The zero-order valence-corrected chi connectivity index (χ0v) is 11.5. The van der Waals surface area contributed by atoms with E-state index in [1.54, 1.807) is 0 Å². The Labute approximate surface area is 129 Å². The largest absolute Gasteiger partial charge is 0.322 e. The summed E-state index contributed by atoms with van der Waals surface area (Å²) in [4.78, 5) is 0. The summed E-state index contributed by atoms with van der Waals surface area (Å²) in [5, 5.41) is 0. The second-order valence-corrected chi connectivity index (χ2v) is 4.82. The Morgan fingerprint density at radius 3 is 0.917 bits per heavy atom. The third-order valence-electron chi connectivity index (χ3n) is 3.35. The predicted octanol–water partition coefficient (Wildman–Crippen LogP) is 3.50. The molecule has 2 atom stereocenters. The molecule has 0 aliphatic rings. The Hall–Kier alpha value is -2.20. The normalized spacial score (nSPS) is 13.9. The molecule has 0 unspecified atom stereocenters. The van der Waals surface area contributed by atoms with E-state index in [2.05, 4.69) is 0 Å². The number of hydrogen-bond acceptors (Lipinski definition) is 2. The van der Waals surface area contributed by atoms with Crippen LogP contribution in [0.5, 0.6) is 0 Å². The molecule has 0 saturated carbocycles. The highest BCUT2D eigenvalue weighted by Gasteiger charge is 2.33. The molecule has 130 valence electrons. The van der Waals surface area contributed by atoms with Crippen molar-refractivity contribution in [1.82, 2.24) is 0 Å². The minimum atomic E-state index is -2.25. The van der Waals surface area contributed by atoms with Gasteiger partial charge in [-0.2, -0.15) is 0 Å². The van der Waals surface area contributed by atoms with Crippen LogP contribution < -0.4 is 11.5 Å². The van der Waals surface area contributed by atoms with E-state index < -0.39 is 69.7 Å². The highest BCUT2D eigenvalue weighted by Crippen LogP contribution is 2.34. The lowest BCUT2D eigenvalue weighted by Crippen LogP contribution is -2.31. The van der Waals surface area contributed by atoms with Crippen LogP contribution in [0, 0.1) is 46.5 Å². The van der Waals surface area contributed by atoms with Crippen LogP contribution in [0.15, 0.2) is 12.1 Å². The molecule has 2 rings (SSSR count). The molecule has 2 nitrogen and oxygen atoms in total.